The molecule has 8 nitrogen and oxygen atoms in total. The van der Waals surface area contributed by atoms with Crippen LogP contribution in [0.1, 0.15) is 296 Å². The maximum absolute atomic E-state index is 13.1. The number of aliphatic hydroxyl groups excluding tert-OH is 1. The Bertz CT molecular complexity index is 1870. The summed E-state index contributed by atoms with van der Waals surface area (Å²) in [4.78, 5) is 25.7. The van der Waals surface area contributed by atoms with Crippen LogP contribution in [0, 0.1) is 0 Å². The van der Waals surface area contributed by atoms with Gasteiger partial charge in [0.2, 0.25) is 5.91 Å². The summed E-state index contributed by atoms with van der Waals surface area (Å²) >= 11 is 0. The van der Waals surface area contributed by atoms with Crippen molar-refractivity contribution in [2.24, 2.45) is 0 Å². The number of carbonyl (C=O) groups is 1. The number of carbonyl (C=O) groups excluding carboxylic acids is 1. The molecule has 0 saturated heterocycles. The molecule has 3 atom stereocenters. The van der Waals surface area contributed by atoms with E-state index >= 15 is 0 Å². The van der Waals surface area contributed by atoms with Gasteiger partial charge in [-0.2, -0.15) is 0 Å². The number of amides is 1. The highest BCUT2D eigenvalue weighted by Crippen LogP contribution is 2.38. The van der Waals surface area contributed by atoms with E-state index in [2.05, 4.69) is 153 Å². The highest BCUT2D eigenvalue weighted by atomic mass is 31.2. The summed E-state index contributed by atoms with van der Waals surface area (Å²) in [5, 5.41) is 14.1. The molecule has 0 aliphatic rings. The normalized spacial score (nSPS) is 14.5. The fraction of sp³-hybridized carbons (Fsp3) is 0.701. The Hall–Kier alpha value is -3.36. The maximum atomic E-state index is 13.1. The van der Waals surface area contributed by atoms with Crippen LogP contribution in [0.4, 0.5) is 0 Å². The summed E-state index contributed by atoms with van der Waals surface area (Å²) in [5.74, 6) is -0.198. The first kappa shape index (κ1) is 82.6. The SMILES string of the molecule is CC/C=C\C/C=C\C/C=C\C/C=C\C/C=C\C/C=C\C/C=C\C/C=C\C/C=C\C/C=C\C/C=C\CCCCCC(=O)NC(COP(=O)([O-])OCC[N+](C)(C)C)C(O)CCCCCCCCCCCCCCCCCCCCCCCCCCCCC. The van der Waals surface area contributed by atoms with E-state index < -0.39 is 20.0 Å². The third-order valence-electron chi connectivity index (χ3n) is 15.4. The van der Waals surface area contributed by atoms with Crippen molar-refractivity contribution in [3.63, 3.8) is 0 Å². The second kappa shape index (κ2) is 66.1. The molecule has 2 N–H and O–H groups in total. The van der Waals surface area contributed by atoms with Crippen molar-refractivity contribution >= 4 is 13.7 Å². The van der Waals surface area contributed by atoms with Crippen LogP contribution in [0.5, 0.6) is 0 Å². The average molecular weight is 1220 g/mol. The molecule has 0 saturated carbocycles. The van der Waals surface area contributed by atoms with Crippen molar-refractivity contribution in [1.29, 1.82) is 0 Å². The number of phosphoric acid groups is 1. The fourth-order valence-electron chi connectivity index (χ4n) is 9.93. The van der Waals surface area contributed by atoms with Gasteiger partial charge in [-0.25, -0.2) is 0 Å². The van der Waals surface area contributed by atoms with Gasteiger partial charge in [-0.15, -0.1) is 0 Å². The minimum Gasteiger partial charge on any atom is -0.756 e. The molecule has 0 rings (SSSR count). The number of unbranched alkanes of at least 4 members (excludes halogenated alkanes) is 29. The van der Waals surface area contributed by atoms with Gasteiger partial charge in [0.25, 0.3) is 7.82 Å². The van der Waals surface area contributed by atoms with Gasteiger partial charge in [0, 0.05) is 6.42 Å². The summed E-state index contributed by atoms with van der Waals surface area (Å²) in [7, 11) is 1.27. The highest BCUT2D eigenvalue weighted by Gasteiger charge is 2.24. The first-order chi connectivity index (χ1) is 42.0. The predicted octanol–water partition coefficient (Wildman–Crippen LogP) is 22.4. The van der Waals surface area contributed by atoms with Gasteiger partial charge < -0.3 is 28.8 Å². The summed E-state index contributed by atoms with van der Waals surface area (Å²) in [6.45, 7) is 4.60. The number of quaternary nitrogens is 1. The molecule has 0 aromatic carbocycles. The molecule has 0 spiro atoms. The highest BCUT2D eigenvalue weighted by molar-refractivity contribution is 7.45. The molecule has 0 aliphatic heterocycles. The molecule has 0 aliphatic carbocycles. The number of nitrogens with zero attached hydrogens (tertiary/aromatic N) is 1. The first-order valence-electron chi connectivity index (χ1n) is 35.5. The van der Waals surface area contributed by atoms with Gasteiger partial charge >= 0.3 is 0 Å². The topological polar surface area (TPSA) is 108 Å². The Morgan fingerprint density at radius 2 is 0.709 bits per heavy atom. The Kier molecular flexibility index (Phi) is 63.5. The monoisotopic (exact) mass is 1220 g/mol. The predicted molar refractivity (Wildman–Crippen MR) is 375 cm³/mol. The van der Waals surface area contributed by atoms with Gasteiger partial charge in [0.05, 0.1) is 39.9 Å². The molecular weight excluding hydrogens is 1080 g/mol. The third-order valence-corrected chi connectivity index (χ3v) is 16.4. The summed E-state index contributed by atoms with van der Waals surface area (Å²) in [6.07, 6.45) is 99.5. The van der Waals surface area contributed by atoms with Crippen molar-refractivity contribution < 1.29 is 32.9 Å². The van der Waals surface area contributed by atoms with E-state index in [1.165, 1.54) is 154 Å². The van der Waals surface area contributed by atoms with Crippen molar-refractivity contribution in [2.45, 2.75) is 309 Å². The largest absolute Gasteiger partial charge is 0.756 e. The molecule has 0 fully saturated rings. The van der Waals surface area contributed by atoms with E-state index in [1.54, 1.807) is 0 Å². The summed E-state index contributed by atoms with van der Waals surface area (Å²) in [5.41, 5.74) is 0. The number of hydrogen-bond donors (Lipinski definition) is 2. The first-order valence-corrected chi connectivity index (χ1v) is 37.0. The molecule has 9 heteroatoms. The van der Waals surface area contributed by atoms with Gasteiger partial charge in [-0.1, -0.05) is 327 Å². The Morgan fingerprint density at radius 1 is 0.419 bits per heavy atom. The number of nitrogens with one attached hydrogen (secondary N) is 1. The quantitative estimate of drug-likeness (QED) is 0.0272. The summed E-state index contributed by atoms with van der Waals surface area (Å²) < 4.78 is 23.5. The molecule has 0 bridgehead atoms. The van der Waals surface area contributed by atoms with E-state index in [1.807, 2.05) is 21.1 Å². The third kappa shape index (κ3) is 68.1. The van der Waals surface area contributed by atoms with Crippen LogP contribution < -0.4 is 10.2 Å². The fourth-order valence-corrected chi connectivity index (χ4v) is 10.7. The smallest absolute Gasteiger partial charge is 0.268 e. The van der Waals surface area contributed by atoms with Gasteiger partial charge in [-0.05, 0) is 96.3 Å². The lowest BCUT2D eigenvalue weighted by Gasteiger charge is -2.30. The Morgan fingerprint density at radius 3 is 1.02 bits per heavy atom. The van der Waals surface area contributed by atoms with Crippen molar-refractivity contribution in [3.05, 3.63) is 134 Å². The standard InChI is InChI=1S/C77H135N2O6P/c1-6-8-10-12-14-16-18-20-22-24-26-28-30-32-34-35-36-37-38-39-40-41-42-43-45-47-49-51-53-55-57-59-61-63-65-67-69-71-77(81)78-75(74-85-86(82,83)84-73-72-79(3,4)5)76(80)70-68-66-64-62-60-58-56-54-52-50-48-46-44-33-31-29-27-25-23-21-19-17-15-13-11-9-7-2/h8,10,14,16,20,22,26,28,32,34,36-37,39-40,42-43,47,49,53,55,59,61,75-76,80H,6-7,9,11-13,15,17-19,21,23-25,27,29-31,33,35,38,41,44-46,48,50-52,54,56-58,60,62-74H2,1-5H3,(H-,78,81,82,83)/b10-8-,16-14-,22-20-,28-26-,34-32-,37-36-,40-39-,43-42-,49-47-,55-53-,61-59-. The van der Waals surface area contributed by atoms with Crippen LogP contribution in [0.2, 0.25) is 0 Å². The molecule has 494 valence electrons. The number of aliphatic hydroxyl groups is 1. The zero-order valence-corrected chi connectivity index (χ0v) is 57.4. The van der Waals surface area contributed by atoms with E-state index in [-0.39, 0.29) is 19.1 Å². The molecule has 0 heterocycles. The lowest BCUT2D eigenvalue weighted by atomic mass is 10.0. The molecule has 1 amide bonds. The minimum absolute atomic E-state index is 0.00122. The molecule has 3 unspecified atom stereocenters. The minimum atomic E-state index is -4.60. The molecule has 0 aromatic rings. The molecule has 86 heavy (non-hydrogen) atoms. The zero-order chi connectivity index (χ0) is 62.6. The van der Waals surface area contributed by atoms with Crippen LogP contribution >= 0.6 is 7.82 Å². The maximum Gasteiger partial charge on any atom is 0.268 e. The van der Waals surface area contributed by atoms with Crippen molar-refractivity contribution in [1.82, 2.24) is 5.32 Å². The van der Waals surface area contributed by atoms with E-state index in [0.717, 1.165) is 116 Å². The number of likely N-dealkylation sites (N-methyl/N-ethyl adjacent to an activating group) is 1. The van der Waals surface area contributed by atoms with E-state index in [0.29, 0.717) is 23.9 Å². The molecule has 0 radical (unpaired) electrons. The zero-order valence-electron chi connectivity index (χ0n) is 56.5. The number of allylic oxidation sites excluding steroid dienone is 22. The number of phosphoric ester groups is 1. The van der Waals surface area contributed by atoms with E-state index in [9.17, 15) is 19.4 Å². The Balaban J connectivity index is 4.18. The van der Waals surface area contributed by atoms with Gasteiger partial charge in [0.1, 0.15) is 13.2 Å². The van der Waals surface area contributed by atoms with Crippen molar-refractivity contribution in [3.8, 4) is 0 Å². The van der Waals surface area contributed by atoms with Crippen LogP contribution in [0.15, 0.2) is 134 Å². The van der Waals surface area contributed by atoms with Crippen molar-refractivity contribution in [2.75, 3.05) is 40.9 Å². The molecular formula is C77H135N2O6P. The second-order valence-corrected chi connectivity index (χ2v) is 26.3. The number of rotatable bonds is 64. The second-order valence-electron chi connectivity index (χ2n) is 24.9. The average Bonchev–Trinajstić information content (AvgIpc) is 3.70. The molecule has 0 aromatic heterocycles. The Labute approximate surface area is 532 Å². The number of hydrogen-bond acceptors (Lipinski definition) is 6. The van der Waals surface area contributed by atoms with Gasteiger partial charge in [0.15, 0.2) is 0 Å². The lowest BCUT2D eigenvalue weighted by molar-refractivity contribution is -0.870. The van der Waals surface area contributed by atoms with Crippen LogP contribution in [0.25, 0.3) is 0 Å². The lowest BCUT2D eigenvalue weighted by Crippen LogP contribution is -2.46. The van der Waals surface area contributed by atoms with Crippen LogP contribution in [-0.2, 0) is 18.4 Å². The van der Waals surface area contributed by atoms with Crippen LogP contribution in [0.3, 0.4) is 0 Å². The summed E-state index contributed by atoms with van der Waals surface area (Å²) in [6, 6.07) is -0.831. The van der Waals surface area contributed by atoms with E-state index in [4.69, 9.17) is 9.05 Å². The van der Waals surface area contributed by atoms with Gasteiger partial charge in [-0.3, -0.25) is 9.36 Å². The van der Waals surface area contributed by atoms with Crippen LogP contribution in [-0.4, -0.2) is 68.5 Å².